The van der Waals surface area contributed by atoms with Gasteiger partial charge in [0, 0.05) is 12.8 Å². The molecule has 1 saturated carbocycles. The number of unbranched alkanes of at least 4 members (excludes halogenated alkanes) is 2. The number of benzene rings is 8. The number of nitrogens with zero attached hydrogens (tertiary/aromatic N) is 2. The quantitative estimate of drug-likeness (QED) is 0.0499. The van der Waals surface area contributed by atoms with Gasteiger partial charge in [-0.15, -0.1) is 0 Å². The van der Waals surface area contributed by atoms with Gasteiger partial charge < -0.3 is 9.47 Å². The van der Waals surface area contributed by atoms with Gasteiger partial charge in [-0.2, -0.15) is 0 Å². The zero-order valence-electron chi connectivity index (χ0n) is 48.5. The highest BCUT2D eigenvalue weighted by Crippen LogP contribution is 2.58. The molecule has 0 amide bonds. The Balaban J connectivity index is 0.00000705. The molecule has 3 atom stereocenters. The second-order valence-electron chi connectivity index (χ2n) is 23.8. The van der Waals surface area contributed by atoms with Crippen LogP contribution >= 0.6 is 14.5 Å². The Bertz CT molecular complexity index is 3130. The third kappa shape index (κ3) is 10.9. The molecule has 6 heteroatoms. The maximum absolute atomic E-state index is 7.62. The third-order valence-corrected chi connectivity index (χ3v) is 27.8. The summed E-state index contributed by atoms with van der Waals surface area (Å²) in [4.78, 5) is 0. The summed E-state index contributed by atoms with van der Waals surface area (Å²) in [5.74, 6) is 2.82. The summed E-state index contributed by atoms with van der Waals surface area (Å²) in [6, 6.07) is 78.4. The molecule has 12 rings (SSSR count). The lowest BCUT2D eigenvalue weighted by atomic mass is 9.87. The van der Waals surface area contributed by atoms with Gasteiger partial charge in [0.15, 0.2) is 23.9 Å². The van der Waals surface area contributed by atoms with E-state index in [2.05, 4.69) is 256 Å². The molecule has 4 aliphatic rings. The van der Waals surface area contributed by atoms with Crippen LogP contribution in [0.5, 0.6) is 11.5 Å². The Morgan fingerprint density at radius 3 is 1.01 bits per heavy atom. The molecule has 3 aliphatic heterocycles. The smallest absolute Gasteiger partial charge is 0.340 e. The minimum Gasteiger partial charge on any atom is -0.340 e. The van der Waals surface area contributed by atoms with Crippen LogP contribution in [0, 0.1) is 13.8 Å². The Morgan fingerprint density at radius 1 is 0.427 bits per heavy atom. The van der Waals surface area contributed by atoms with Crippen LogP contribution in [0.15, 0.2) is 206 Å². The topological polar surface area (TPSA) is 24.5 Å². The fraction of sp³-hybridized carbons (Fsp3) is 0.342. The fourth-order valence-corrected chi connectivity index (χ4v) is 23.6. The monoisotopic (exact) mass is 1120 g/mol. The molecule has 0 N–H and O–H groups in total. The molecule has 8 aromatic carbocycles. The molecular weight excluding hydrogens is 1030 g/mol. The molecule has 0 bridgehead atoms. The van der Waals surface area contributed by atoms with Gasteiger partial charge in [0.05, 0.1) is 23.5 Å². The van der Waals surface area contributed by atoms with Gasteiger partial charge in [-0.1, -0.05) is 177 Å². The number of aryl methyl sites for hydroxylation is 2. The lowest BCUT2D eigenvalue weighted by Crippen LogP contribution is -2.60. The Labute approximate surface area is 493 Å². The second kappa shape index (κ2) is 25.6. The van der Waals surface area contributed by atoms with Crippen LogP contribution in [0.1, 0.15) is 156 Å². The maximum Gasteiger partial charge on any atom is 0.704 e. The molecule has 1 spiro atoms. The van der Waals surface area contributed by atoms with Crippen molar-refractivity contribution in [3.63, 3.8) is 0 Å². The highest BCUT2D eigenvalue weighted by atomic mass is 31.2. The molecule has 82 heavy (non-hydrogen) atoms. The Hall–Kier alpha value is -6.44. The summed E-state index contributed by atoms with van der Waals surface area (Å²) in [7, 11) is -4.07. The predicted molar refractivity (Wildman–Crippen MR) is 353 cm³/mol. The average Bonchev–Trinajstić information content (AvgIpc) is 2.02. The van der Waals surface area contributed by atoms with E-state index in [1.165, 1.54) is 117 Å². The van der Waals surface area contributed by atoms with Gasteiger partial charge in [-0.05, 0) is 184 Å². The van der Waals surface area contributed by atoms with E-state index >= 15 is 0 Å². The zero-order chi connectivity index (χ0) is 55.2. The summed E-state index contributed by atoms with van der Waals surface area (Å²) in [6.07, 6.45) is 23.6. The summed E-state index contributed by atoms with van der Waals surface area (Å²) < 4.78 is 20.2. The minimum absolute atomic E-state index is 0. The third-order valence-electron chi connectivity index (χ3n) is 18.8. The van der Waals surface area contributed by atoms with Crippen LogP contribution in [-0.4, -0.2) is 52.0 Å². The summed E-state index contributed by atoms with van der Waals surface area (Å²) in [6.45, 7) is 9.21. The molecule has 1 saturated heterocycles. The molecule has 0 radical (unpaired) electrons. The first kappa shape index (κ1) is 57.4. The SMILES string of the molecule is C.CCCCC(CCCC)c1cc(C)c2c(c1)C=[N+]1C3CCCCC3[N+]3=Cc4cc(C(CCC[P+](c5ccccc5)(c5ccccc5)c5ccccc5)CCC[P+](c5ccccc5)(c5ccccc5)c5ccccc5)cc(C)c4OC13O2. The molecule has 1 aliphatic carbocycles. The van der Waals surface area contributed by atoms with Crippen LogP contribution in [0.4, 0.5) is 0 Å². The molecule has 2 fully saturated rings. The zero-order valence-corrected chi connectivity index (χ0v) is 50.3. The van der Waals surface area contributed by atoms with E-state index in [0.717, 1.165) is 62.3 Å². The van der Waals surface area contributed by atoms with Gasteiger partial charge in [-0.3, -0.25) is 0 Å². The van der Waals surface area contributed by atoms with E-state index in [1.54, 1.807) is 0 Å². The number of hydrogen-bond donors (Lipinski definition) is 0. The molecule has 8 aromatic rings. The van der Waals surface area contributed by atoms with Crippen LogP contribution in [0.25, 0.3) is 0 Å². The largest absolute Gasteiger partial charge is 0.704 e. The fourth-order valence-electron chi connectivity index (χ4n) is 14.8. The highest BCUT2D eigenvalue weighted by Gasteiger charge is 2.76. The van der Waals surface area contributed by atoms with Crippen LogP contribution < -0.4 is 41.3 Å². The van der Waals surface area contributed by atoms with E-state index < -0.39 is 20.6 Å². The second-order valence-corrected chi connectivity index (χ2v) is 31.0. The van der Waals surface area contributed by atoms with Gasteiger partial charge >= 0.3 is 6.03 Å². The van der Waals surface area contributed by atoms with Crippen LogP contribution in [0.3, 0.4) is 0 Å². The number of ether oxygens (including phenoxy) is 2. The normalized spacial score (nSPS) is 17.9. The van der Waals surface area contributed by atoms with E-state index in [-0.39, 0.29) is 13.5 Å². The van der Waals surface area contributed by atoms with Crippen molar-refractivity contribution in [2.24, 2.45) is 0 Å². The average molecular weight is 1120 g/mol. The van der Waals surface area contributed by atoms with Crippen LogP contribution in [0.2, 0.25) is 0 Å². The first-order chi connectivity index (χ1) is 39.9. The van der Waals surface area contributed by atoms with Crippen molar-refractivity contribution in [3.05, 3.63) is 240 Å². The molecule has 0 aromatic heterocycles. The number of fused-ring (bicyclic) bond motifs is 5. The standard InChI is InChI=1S/C75H84N2O2P2.CH4/c1-5-7-31-59(32-8-6-2)61-51-57(3)73-63(53-61)55-76-71-47-27-28-48-72(71)77-56-64-54-62(52-58(4)74(64)79-75(76,77)78-73)60(33-29-49-80(65-35-15-9-16-36-65,66-37-17-10-18-38-66)67-39-19-11-20-40-67)34-30-50-81(68-41-21-12-22-42-68,69-43-23-13-24-44-69)70-45-25-14-26-46-70;/h9-26,35-46,51-56,59-60,71-72H,5-8,27-34,47-50H2,1-4H3;1H4/q+4;. The van der Waals surface area contributed by atoms with Crippen molar-refractivity contribution in [2.45, 2.75) is 155 Å². The van der Waals surface area contributed by atoms with E-state index in [4.69, 9.17) is 9.47 Å². The Morgan fingerprint density at radius 2 is 0.720 bits per heavy atom. The van der Waals surface area contributed by atoms with E-state index in [0.29, 0.717) is 17.9 Å². The summed E-state index contributed by atoms with van der Waals surface area (Å²) in [5, 5.41) is 8.73. The first-order valence-electron chi connectivity index (χ1n) is 30.9. The van der Waals surface area contributed by atoms with Gasteiger partial charge in [0.2, 0.25) is 12.1 Å². The molecule has 3 unspecified atom stereocenters. The van der Waals surface area contributed by atoms with Crippen molar-refractivity contribution in [2.75, 3.05) is 12.3 Å². The minimum atomic E-state index is -2.04. The van der Waals surface area contributed by atoms with Crippen LogP contribution in [-0.2, 0) is 0 Å². The van der Waals surface area contributed by atoms with Crippen molar-refractivity contribution >= 4 is 58.8 Å². The molecule has 4 nitrogen and oxygen atoms in total. The number of hydrogen-bond acceptors (Lipinski definition) is 2. The Kier molecular flexibility index (Phi) is 17.9. The van der Waals surface area contributed by atoms with E-state index in [9.17, 15) is 0 Å². The van der Waals surface area contributed by atoms with Crippen molar-refractivity contribution in [3.8, 4) is 11.5 Å². The number of rotatable bonds is 22. The van der Waals surface area contributed by atoms with Gasteiger partial charge in [-0.25, -0.2) is 0 Å². The first-order valence-corrected chi connectivity index (χ1v) is 34.8. The predicted octanol–water partition coefficient (Wildman–Crippen LogP) is 16.3. The van der Waals surface area contributed by atoms with Crippen molar-refractivity contribution in [1.29, 1.82) is 0 Å². The summed E-state index contributed by atoms with van der Waals surface area (Å²) in [5.41, 5.74) is 7.68. The lowest BCUT2D eigenvalue weighted by molar-refractivity contribution is -0.866. The summed E-state index contributed by atoms with van der Waals surface area (Å²) >= 11 is 0. The molecule has 420 valence electrons. The molecule has 3 heterocycles. The van der Waals surface area contributed by atoms with Gasteiger partial charge in [0.25, 0.3) is 0 Å². The maximum atomic E-state index is 7.62. The molecular formula is C76H88N2O2P2+4. The lowest BCUT2D eigenvalue weighted by Gasteiger charge is -2.31. The van der Waals surface area contributed by atoms with Crippen molar-refractivity contribution < 1.29 is 18.6 Å². The van der Waals surface area contributed by atoms with Crippen molar-refractivity contribution in [1.82, 2.24) is 0 Å². The van der Waals surface area contributed by atoms with E-state index in [1.807, 2.05) is 0 Å². The van der Waals surface area contributed by atoms with Gasteiger partial charge in [0.1, 0.15) is 46.4 Å². The highest BCUT2D eigenvalue weighted by molar-refractivity contribution is 7.96.